The molecule has 2 nitrogen and oxygen atoms in total. The number of rotatable bonds is 5. The van der Waals surface area contributed by atoms with Gasteiger partial charge in [-0.25, -0.2) is 0 Å². The summed E-state index contributed by atoms with van der Waals surface area (Å²) in [6.45, 7) is 0.720. The van der Waals surface area contributed by atoms with E-state index in [0.717, 1.165) is 48.7 Å². The highest BCUT2D eigenvalue weighted by molar-refractivity contribution is 9.10. The van der Waals surface area contributed by atoms with Crippen LogP contribution in [0.3, 0.4) is 0 Å². The molecular weight excluding hydrogens is 358 g/mol. The Morgan fingerprint density at radius 1 is 1.18 bits per heavy atom. The molecule has 1 aromatic heterocycles. The number of carbonyl (C=O) groups is 1. The maximum atomic E-state index is 12.9. The van der Waals surface area contributed by atoms with Gasteiger partial charge in [-0.05, 0) is 48.4 Å². The van der Waals surface area contributed by atoms with Crippen LogP contribution in [0.25, 0.3) is 0 Å². The summed E-state index contributed by atoms with van der Waals surface area (Å²) in [6, 6.07) is 12.4. The van der Waals surface area contributed by atoms with Crippen molar-refractivity contribution in [2.75, 3.05) is 6.54 Å². The first-order chi connectivity index (χ1) is 10.7. The summed E-state index contributed by atoms with van der Waals surface area (Å²) in [5, 5.41) is 5.25. The smallest absolute Gasteiger partial charge is 0.230 e. The van der Waals surface area contributed by atoms with Crippen LogP contribution in [-0.2, 0) is 16.6 Å². The summed E-state index contributed by atoms with van der Waals surface area (Å²) in [5.41, 5.74) is 0.831. The lowest BCUT2D eigenvalue weighted by molar-refractivity contribution is -0.126. The summed E-state index contributed by atoms with van der Waals surface area (Å²) in [7, 11) is 0. The van der Waals surface area contributed by atoms with Gasteiger partial charge in [0.05, 0.1) is 5.41 Å². The molecule has 4 heteroatoms. The molecule has 1 saturated carbocycles. The maximum absolute atomic E-state index is 12.9. The second-order valence-corrected chi connectivity index (χ2v) is 7.83. The van der Waals surface area contributed by atoms with Gasteiger partial charge in [-0.1, -0.05) is 47.0 Å². The fraction of sp³-hybridized carbons (Fsp3) is 0.389. The number of carbonyl (C=O) groups excluding carboxylic acids is 1. The summed E-state index contributed by atoms with van der Waals surface area (Å²) < 4.78 is 1.06. The van der Waals surface area contributed by atoms with Crippen LogP contribution in [0.1, 0.15) is 36.1 Å². The number of benzene rings is 1. The highest BCUT2D eigenvalue weighted by Crippen LogP contribution is 2.41. The van der Waals surface area contributed by atoms with Gasteiger partial charge >= 0.3 is 0 Å². The van der Waals surface area contributed by atoms with Gasteiger partial charge in [0.1, 0.15) is 0 Å². The molecule has 1 aromatic carbocycles. The monoisotopic (exact) mass is 377 g/mol. The molecule has 0 radical (unpaired) electrons. The topological polar surface area (TPSA) is 29.1 Å². The van der Waals surface area contributed by atoms with E-state index in [1.165, 1.54) is 4.88 Å². The lowest BCUT2D eigenvalue weighted by Crippen LogP contribution is -2.43. The van der Waals surface area contributed by atoms with E-state index in [1.54, 1.807) is 11.3 Å². The van der Waals surface area contributed by atoms with E-state index in [2.05, 4.69) is 50.9 Å². The summed E-state index contributed by atoms with van der Waals surface area (Å²) >= 11 is 5.22. The molecule has 1 amide bonds. The minimum atomic E-state index is -0.323. The Labute approximate surface area is 144 Å². The van der Waals surface area contributed by atoms with Crippen molar-refractivity contribution in [2.24, 2.45) is 0 Å². The fourth-order valence-electron chi connectivity index (χ4n) is 3.32. The molecule has 116 valence electrons. The molecule has 22 heavy (non-hydrogen) atoms. The van der Waals surface area contributed by atoms with Gasteiger partial charge < -0.3 is 5.32 Å². The minimum Gasteiger partial charge on any atom is -0.355 e. The van der Waals surface area contributed by atoms with E-state index < -0.39 is 0 Å². The van der Waals surface area contributed by atoms with Crippen molar-refractivity contribution in [3.05, 3.63) is 56.7 Å². The van der Waals surface area contributed by atoms with E-state index in [9.17, 15) is 4.79 Å². The van der Waals surface area contributed by atoms with Crippen molar-refractivity contribution < 1.29 is 4.79 Å². The van der Waals surface area contributed by atoms with E-state index in [1.807, 2.05) is 12.1 Å². The standard InChI is InChI=1S/C18H20BrNOS/c19-15-7-5-14(6-8-15)18(10-1-2-11-18)17(21)20-12-9-16-4-3-13-22-16/h3-8,13H,1-2,9-12H2,(H,20,21). The van der Waals surface area contributed by atoms with Gasteiger partial charge in [-0.2, -0.15) is 0 Å². The number of hydrogen-bond donors (Lipinski definition) is 1. The zero-order valence-corrected chi connectivity index (χ0v) is 14.9. The molecule has 1 fully saturated rings. The first kappa shape index (κ1) is 15.8. The van der Waals surface area contributed by atoms with Gasteiger partial charge in [0.2, 0.25) is 5.91 Å². The Bertz CT molecular complexity index is 615. The molecule has 1 N–H and O–H groups in total. The number of nitrogens with one attached hydrogen (secondary N) is 1. The van der Waals surface area contributed by atoms with Crippen LogP contribution >= 0.6 is 27.3 Å². The van der Waals surface area contributed by atoms with Crippen LogP contribution in [-0.4, -0.2) is 12.5 Å². The highest BCUT2D eigenvalue weighted by Gasteiger charge is 2.42. The Morgan fingerprint density at radius 3 is 2.55 bits per heavy atom. The average molecular weight is 378 g/mol. The zero-order valence-electron chi connectivity index (χ0n) is 12.5. The second kappa shape index (κ2) is 6.97. The summed E-state index contributed by atoms with van der Waals surface area (Å²) in [5.74, 6) is 0.198. The number of halogens is 1. The lowest BCUT2D eigenvalue weighted by atomic mass is 9.78. The van der Waals surface area contributed by atoms with Crippen molar-refractivity contribution in [2.45, 2.75) is 37.5 Å². The van der Waals surface area contributed by atoms with Crippen LogP contribution in [0.2, 0.25) is 0 Å². The first-order valence-corrected chi connectivity index (χ1v) is 9.45. The molecule has 0 bridgehead atoms. The number of hydrogen-bond acceptors (Lipinski definition) is 2. The van der Waals surface area contributed by atoms with Crippen molar-refractivity contribution in [3.8, 4) is 0 Å². The van der Waals surface area contributed by atoms with Crippen molar-refractivity contribution in [1.82, 2.24) is 5.32 Å². The molecule has 1 aliphatic rings. The minimum absolute atomic E-state index is 0.198. The summed E-state index contributed by atoms with van der Waals surface area (Å²) in [4.78, 5) is 14.2. The highest BCUT2D eigenvalue weighted by atomic mass is 79.9. The molecule has 2 aromatic rings. The zero-order chi connectivity index (χ0) is 15.4. The third-order valence-corrected chi connectivity index (χ3v) is 5.99. The SMILES string of the molecule is O=C(NCCc1cccs1)C1(c2ccc(Br)cc2)CCCC1. The Morgan fingerprint density at radius 2 is 1.91 bits per heavy atom. The van der Waals surface area contributed by atoms with Crippen molar-refractivity contribution in [3.63, 3.8) is 0 Å². The van der Waals surface area contributed by atoms with Gasteiger partial charge in [-0.15, -0.1) is 11.3 Å². The molecule has 3 rings (SSSR count). The molecule has 0 unspecified atom stereocenters. The first-order valence-electron chi connectivity index (χ1n) is 7.77. The average Bonchev–Trinajstić information content (AvgIpc) is 3.20. The maximum Gasteiger partial charge on any atom is 0.230 e. The fourth-order valence-corrected chi connectivity index (χ4v) is 4.29. The molecule has 1 heterocycles. The van der Waals surface area contributed by atoms with Gasteiger partial charge in [-0.3, -0.25) is 4.79 Å². The third-order valence-electron chi connectivity index (χ3n) is 4.53. The van der Waals surface area contributed by atoms with Crippen LogP contribution < -0.4 is 5.32 Å². The molecule has 0 spiro atoms. The van der Waals surface area contributed by atoms with Crippen LogP contribution in [0.15, 0.2) is 46.3 Å². The molecule has 0 saturated heterocycles. The predicted molar refractivity (Wildman–Crippen MR) is 95.3 cm³/mol. The summed E-state index contributed by atoms with van der Waals surface area (Å²) in [6.07, 6.45) is 5.10. The number of amides is 1. The number of thiophene rings is 1. The Kier molecular flexibility index (Phi) is 4.99. The lowest BCUT2D eigenvalue weighted by Gasteiger charge is -2.28. The van der Waals surface area contributed by atoms with E-state index >= 15 is 0 Å². The van der Waals surface area contributed by atoms with E-state index in [4.69, 9.17) is 0 Å². The van der Waals surface area contributed by atoms with Gasteiger partial charge in [0.15, 0.2) is 0 Å². The third kappa shape index (κ3) is 3.28. The van der Waals surface area contributed by atoms with E-state index in [0.29, 0.717) is 0 Å². The largest absolute Gasteiger partial charge is 0.355 e. The second-order valence-electron chi connectivity index (χ2n) is 5.88. The van der Waals surface area contributed by atoms with Crippen LogP contribution in [0, 0.1) is 0 Å². The Hall–Kier alpha value is -1.13. The quantitative estimate of drug-likeness (QED) is 0.804. The molecular formula is C18H20BrNOS. The Balaban J connectivity index is 1.70. The van der Waals surface area contributed by atoms with Crippen molar-refractivity contribution in [1.29, 1.82) is 0 Å². The predicted octanol–water partition coefficient (Wildman–Crippen LogP) is 4.68. The normalized spacial score (nSPS) is 16.6. The molecule has 0 atom stereocenters. The van der Waals surface area contributed by atoms with Crippen LogP contribution in [0.5, 0.6) is 0 Å². The van der Waals surface area contributed by atoms with Gasteiger partial charge in [0.25, 0.3) is 0 Å². The van der Waals surface area contributed by atoms with Crippen molar-refractivity contribution >= 4 is 33.2 Å². The molecule has 0 aliphatic heterocycles. The van der Waals surface area contributed by atoms with E-state index in [-0.39, 0.29) is 11.3 Å². The van der Waals surface area contributed by atoms with Crippen LogP contribution in [0.4, 0.5) is 0 Å². The van der Waals surface area contributed by atoms with Gasteiger partial charge in [0, 0.05) is 15.9 Å². The molecule has 1 aliphatic carbocycles.